The highest BCUT2D eigenvalue weighted by Crippen LogP contribution is 2.40. The highest BCUT2D eigenvalue weighted by Gasteiger charge is 2.38. The molecule has 0 saturated heterocycles. The smallest absolute Gasteiger partial charge is 0.435 e. The number of ether oxygens (including phenoxy) is 1. The molecule has 0 N–H and O–H groups in total. The molecule has 5 aromatic rings. The molecule has 1 atom stereocenters. The summed E-state index contributed by atoms with van der Waals surface area (Å²) in [5.41, 5.74) is 1.01. The largest absolute Gasteiger partial charge is 0.497 e. The van der Waals surface area contributed by atoms with E-state index in [2.05, 4.69) is 20.1 Å². The second kappa shape index (κ2) is 9.78. The van der Waals surface area contributed by atoms with Gasteiger partial charge in [0.25, 0.3) is 5.56 Å². The second-order valence-electron chi connectivity index (χ2n) is 9.48. The van der Waals surface area contributed by atoms with E-state index in [0.717, 1.165) is 5.57 Å². The number of aromatic nitrogens is 7. The van der Waals surface area contributed by atoms with Crippen LogP contribution < -0.4 is 10.3 Å². The number of allylic oxidation sites excluding steroid dienone is 2. The molecule has 1 aromatic carbocycles. The molecule has 9 nitrogen and oxygen atoms in total. The van der Waals surface area contributed by atoms with Gasteiger partial charge < -0.3 is 9.30 Å². The first-order chi connectivity index (χ1) is 19.3. The van der Waals surface area contributed by atoms with Crippen molar-refractivity contribution in [3.8, 4) is 16.9 Å². The molecule has 0 saturated carbocycles. The quantitative estimate of drug-likeness (QED) is 0.258. The normalized spacial score (nSPS) is 13.9. The number of rotatable bonds is 8. The van der Waals surface area contributed by atoms with Crippen LogP contribution in [0.2, 0.25) is 0 Å². The van der Waals surface area contributed by atoms with Gasteiger partial charge >= 0.3 is 6.18 Å². The molecule has 0 aliphatic heterocycles. The first-order valence-electron chi connectivity index (χ1n) is 12.6. The Bertz CT molecular complexity index is 1800. The third-order valence-electron chi connectivity index (χ3n) is 6.85. The second-order valence-corrected chi connectivity index (χ2v) is 9.48. The monoisotopic (exact) mass is 547 g/mol. The summed E-state index contributed by atoms with van der Waals surface area (Å²) < 4.78 is 52.1. The first kappa shape index (κ1) is 25.5. The van der Waals surface area contributed by atoms with E-state index in [0.29, 0.717) is 30.0 Å². The Kier molecular flexibility index (Phi) is 6.24. The summed E-state index contributed by atoms with van der Waals surface area (Å²) >= 11 is 0. The molecule has 204 valence electrons. The zero-order valence-corrected chi connectivity index (χ0v) is 21.6. The van der Waals surface area contributed by atoms with Crippen molar-refractivity contribution in [1.29, 1.82) is 0 Å². The van der Waals surface area contributed by atoms with E-state index in [1.54, 1.807) is 67.8 Å². The van der Waals surface area contributed by atoms with Crippen LogP contribution in [0.15, 0.2) is 78.2 Å². The van der Waals surface area contributed by atoms with Gasteiger partial charge in [-0.05, 0) is 42.7 Å². The summed E-state index contributed by atoms with van der Waals surface area (Å²) in [6.07, 6.45) is 7.31. The van der Waals surface area contributed by atoms with E-state index in [-0.39, 0.29) is 28.6 Å². The number of pyridine rings is 1. The predicted octanol–water partition coefficient (Wildman–Crippen LogP) is 4.87. The van der Waals surface area contributed by atoms with Gasteiger partial charge in [0, 0.05) is 55.1 Å². The van der Waals surface area contributed by atoms with Crippen LogP contribution in [-0.4, -0.2) is 41.0 Å². The molecule has 40 heavy (non-hydrogen) atoms. The molecule has 4 aromatic heterocycles. The lowest BCUT2D eigenvalue weighted by Gasteiger charge is -2.19. The fraction of sp³-hybridized carbons (Fsp3) is 0.250. The van der Waals surface area contributed by atoms with Crippen LogP contribution in [-0.2, 0) is 19.3 Å². The molecular formula is C28H24F3N7O2. The number of methoxy groups -OCH3 is 1. The average Bonchev–Trinajstić information content (AvgIpc) is 3.44. The highest BCUT2D eigenvalue weighted by molar-refractivity contribution is 5.94. The third kappa shape index (κ3) is 4.65. The van der Waals surface area contributed by atoms with E-state index in [1.807, 2.05) is 6.08 Å². The average molecular weight is 548 g/mol. The zero-order chi connectivity index (χ0) is 28.0. The Labute approximate surface area is 226 Å². The fourth-order valence-corrected chi connectivity index (χ4v) is 4.87. The van der Waals surface area contributed by atoms with E-state index < -0.39 is 23.5 Å². The molecule has 0 amide bonds. The number of nitrogens with zero attached hydrogens (tertiary/aromatic N) is 7. The van der Waals surface area contributed by atoms with Crippen molar-refractivity contribution in [2.75, 3.05) is 7.11 Å². The van der Waals surface area contributed by atoms with Crippen molar-refractivity contribution in [3.63, 3.8) is 0 Å². The highest BCUT2D eigenvalue weighted by atomic mass is 19.4. The lowest BCUT2D eigenvalue weighted by Crippen LogP contribution is -2.26. The van der Waals surface area contributed by atoms with Gasteiger partial charge in [0.1, 0.15) is 11.8 Å². The minimum atomic E-state index is -4.70. The van der Waals surface area contributed by atoms with Crippen LogP contribution in [0.1, 0.15) is 36.3 Å². The maximum absolute atomic E-state index is 14.1. The van der Waals surface area contributed by atoms with Crippen molar-refractivity contribution >= 4 is 10.9 Å². The Balaban J connectivity index is 1.59. The Morgan fingerprint density at radius 3 is 2.60 bits per heavy atom. The summed E-state index contributed by atoms with van der Waals surface area (Å²) in [4.78, 5) is 27.2. The number of fused-ring (bicyclic) bond motifs is 1. The number of hydrogen-bond acceptors (Lipinski definition) is 6. The van der Waals surface area contributed by atoms with E-state index in [4.69, 9.17) is 4.74 Å². The standard InChI is InChI=1S/C28H24F3N7O2/c1-3-37-14-22(26(35-37)28(29,30)31)20-10-17(13-36-9-8-32-15-36)11-21-24(20)34-16-38(27(21)39)25(18-4-5-18)23-12-19(40-2)6-7-33-23/h4,6-12,14-16,25H,3,5,13H2,1-2H3/t25-/m0/s1. The molecular weight excluding hydrogens is 523 g/mol. The van der Waals surface area contributed by atoms with Crippen molar-refractivity contribution in [2.45, 2.75) is 38.7 Å². The Hall–Kier alpha value is -4.74. The number of hydrogen-bond donors (Lipinski definition) is 0. The van der Waals surface area contributed by atoms with Crippen LogP contribution in [0, 0.1) is 0 Å². The van der Waals surface area contributed by atoms with Crippen molar-refractivity contribution < 1.29 is 17.9 Å². The summed E-state index contributed by atoms with van der Waals surface area (Å²) in [5.74, 6) is 0.593. The summed E-state index contributed by atoms with van der Waals surface area (Å²) in [7, 11) is 1.55. The topological polar surface area (TPSA) is 92.7 Å². The van der Waals surface area contributed by atoms with Gasteiger partial charge in [0.05, 0.1) is 36.4 Å². The molecule has 6 rings (SSSR count). The van der Waals surface area contributed by atoms with Gasteiger partial charge in [-0.3, -0.25) is 19.0 Å². The van der Waals surface area contributed by atoms with Crippen molar-refractivity contribution in [3.05, 3.63) is 101 Å². The summed E-state index contributed by atoms with van der Waals surface area (Å²) in [6.45, 7) is 2.26. The van der Waals surface area contributed by atoms with Crippen molar-refractivity contribution in [2.24, 2.45) is 0 Å². The number of halogens is 3. The molecule has 0 fully saturated rings. The van der Waals surface area contributed by atoms with Gasteiger partial charge in [-0.2, -0.15) is 18.3 Å². The SMILES string of the molecule is CCn1cc(-c2cc(Cn3ccnc3)cc3c(=O)n([C@@H](C4=CC4)c4cc(OC)ccn4)cnc23)c(C(F)(F)F)n1. The lowest BCUT2D eigenvalue weighted by atomic mass is 9.99. The molecule has 0 bridgehead atoms. The summed E-state index contributed by atoms with van der Waals surface area (Å²) in [6, 6.07) is 6.27. The van der Waals surface area contributed by atoms with Crippen LogP contribution >= 0.6 is 0 Å². The van der Waals surface area contributed by atoms with Gasteiger partial charge in [-0.1, -0.05) is 6.08 Å². The maximum atomic E-state index is 14.1. The zero-order valence-electron chi connectivity index (χ0n) is 21.6. The molecule has 1 aliphatic carbocycles. The number of imidazole rings is 1. The number of alkyl halides is 3. The van der Waals surface area contributed by atoms with Crippen LogP contribution in [0.3, 0.4) is 0 Å². The predicted molar refractivity (Wildman–Crippen MR) is 141 cm³/mol. The number of aryl methyl sites for hydroxylation is 1. The van der Waals surface area contributed by atoms with E-state index in [9.17, 15) is 18.0 Å². The van der Waals surface area contributed by atoms with Crippen LogP contribution in [0.25, 0.3) is 22.0 Å². The fourth-order valence-electron chi connectivity index (χ4n) is 4.87. The maximum Gasteiger partial charge on any atom is 0.435 e. The molecule has 1 aliphatic rings. The minimum Gasteiger partial charge on any atom is -0.497 e. The van der Waals surface area contributed by atoms with Gasteiger partial charge in [0.2, 0.25) is 0 Å². The molecule has 0 spiro atoms. The Morgan fingerprint density at radius 1 is 1.10 bits per heavy atom. The lowest BCUT2D eigenvalue weighted by molar-refractivity contribution is -0.141. The van der Waals surface area contributed by atoms with E-state index >= 15 is 0 Å². The van der Waals surface area contributed by atoms with Gasteiger partial charge in [-0.15, -0.1) is 0 Å². The Morgan fingerprint density at radius 2 is 1.93 bits per heavy atom. The molecule has 12 heteroatoms. The molecule has 4 heterocycles. The van der Waals surface area contributed by atoms with Gasteiger partial charge in [-0.25, -0.2) is 9.97 Å². The first-order valence-corrected chi connectivity index (χ1v) is 12.6. The summed E-state index contributed by atoms with van der Waals surface area (Å²) in [5, 5.41) is 3.98. The van der Waals surface area contributed by atoms with E-state index in [1.165, 1.54) is 21.8 Å². The van der Waals surface area contributed by atoms with Crippen molar-refractivity contribution in [1.82, 2.24) is 33.9 Å². The minimum absolute atomic E-state index is 0.132. The van der Waals surface area contributed by atoms with Gasteiger partial charge in [0.15, 0.2) is 5.69 Å². The third-order valence-corrected chi connectivity index (χ3v) is 6.85. The number of benzene rings is 1. The van der Waals surface area contributed by atoms with Crippen LogP contribution in [0.4, 0.5) is 13.2 Å². The molecule has 0 unspecified atom stereocenters. The van der Waals surface area contributed by atoms with Crippen LogP contribution in [0.5, 0.6) is 5.75 Å². The molecule has 0 radical (unpaired) electrons.